The van der Waals surface area contributed by atoms with Crippen LogP contribution in [0.4, 0.5) is 0 Å². The monoisotopic (exact) mass is 380 g/mol. The number of carbonyl (C=O) groups is 2. The molecule has 5 nitrogen and oxygen atoms in total. The molecule has 0 fully saturated rings. The fourth-order valence-electron chi connectivity index (χ4n) is 1.84. The fourth-order valence-corrected chi connectivity index (χ4v) is 2.15. The molecule has 0 spiro atoms. The van der Waals surface area contributed by atoms with Crippen molar-refractivity contribution in [3.05, 3.63) is 52.4 Å². The number of unbranched alkanes of at least 4 members (excludes halogenated alkanes) is 2. The summed E-state index contributed by atoms with van der Waals surface area (Å²) >= 11 is 3.12. The number of hydrogen-bond acceptors (Lipinski definition) is 5. The lowest BCUT2D eigenvalue weighted by atomic mass is 10.2. The number of benzene rings is 1. The van der Waals surface area contributed by atoms with Gasteiger partial charge in [0.1, 0.15) is 5.75 Å². The molecule has 2 aromatic rings. The van der Waals surface area contributed by atoms with Gasteiger partial charge >= 0.3 is 11.9 Å². The van der Waals surface area contributed by atoms with Crippen molar-refractivity contribution in [2.24, 2.45) is 0 Å². The summed E-state index contributed by atoms with van der Waals surface area (Å²) in [6.45, 7) is 2.50. The maximum absolute atomic E-state index is 11.8. The fraction of sp³-hybridized carbons (Fsp3) is 0.294. The third-order valence-corrected chi connectivity index (χ3v) is 3.48. The molecule has 0 N–H and O–H groups in total. The Balaban J connectivity index is 1.89. The van der Waals surface area contributed by atoms with E-state index in [9.17, 15) is 9.59 Å². The quantitative estimate of drug-likeness (QED) is 0.398. The summed E-state index contributed by atoms with van der Waals surface area (Å²) in [5.41, 5.74) is 0.419. The average molecular weight is 381 g/mol. The largest absolute Gasteiger partial charge is 0.462 e. The van der Waals surface area contributed by atoms with E-state index in [-0.39, 0.29) is 11.7 Å². The van der Waals surface area contributed by atoms with Crippen LogP contribution in [0.1, 0.15) is 47.1 Å². The first-order valence-electron chi connectivity index (χ1n) is 7.35. The molecule has 122 valence electrons. The molecule has 0 saturated heterocycles. The van der Waals surface area contributed by atoms with Crippen molar-refractivity contribution in [3.63, 3.8) is 0 Å². The van der Waals surface area contributed by atoms with Crippen molar-refractivity contribution in [2.75, 3.05) is 6.61 Å². The van der Waals surface area contributed by atoms with Crippen LogP contribution in [0.3, 0.4) is 0 Å². The molecule has 0 aliphatic carbocycles. The number of hydrogen-bond donors (Lipinski definition) is 0. The molecule has 0 saturated carbocycles. The maximum Gasteiger partial charge on any atom is 0.379 e. The maximum atomic E-state index is 11.8. The van der Waals surface area contributed by atoms with E-state index in [0.29, 0.717) is 22.6 Å². The zero-order valence-electron chi connectivity index (χ0n) is 12.7. The average Bonchev–Trinajstić information content (AvgIpc) is 2.99. The first-order chi connectivity index (χ1) is 11.1. The van der Waals surface area contributed by atoms with E-state index in [1.165, 1.54) is 6.07 Å². The van der Waals surface area contributed by atoms with Crippen LogP contribution in [0.2, 0.25) is 0 Å². The molecule has 1 aromatic heterocycles. The van der Waals surface area contributed by atoms with Crippen LogP contribution in [0.25, 0.3) is 0 Å². The van der Waals surface area contributed by atoms with Crippen molar-refractivity contribution in [1.82, 2.24) is 0 Å². The van der Waals surface area contributed by atoms with Crippen LogP contribution in [0.15, 0.2) is 45.5 Å². The summed E-state index contributed by atoms with van der Waals surface area (Å²) < 4.78 is 15.9. The SMILES string of the molecule is CCCCCOC(=O)c1ccc(OC(=O)c2ccc(Br)o2)cc1. The van der Waals surface area contributed by atoms with Gasteiger partial charge < -0.3 is 13.9 Å². The molecule has 23 heavy (non-hydrogen) atoms. The minimum absolute atomic E-state index is 0.0938. The van der Waals surface area contributed by atoms with E-state index in [0.717, 1.165) is 19.3 Å². The molecule has 0 aliphatic heterocycles. The summed E-state index contributed by atoms with van der Waals surface area (Å²) in [6, 6.07) is 9.31. The number of rotatable bonds is 7. The Morgan fingerprint density at radius 3 is 2.39 bits per heavy atom. The third kappa shape index (κ3) is 5.25. The Morgan fingerprint density at radius 2 is 1.78 bits per heavy atom. The Labute approximate surface area is 142 Å². The van der Waals surface area contributed by atoms with E-state index in [4.69, 9.17) is 13.9 Å². The predicted molar refractivity (Wildman–Crippen MR) is 87.6 cm³/mol. The van der Waals surface area contributed by atoms with Crippen molar-refractivity contribution in [3.8, 4) is 5.75 Å². The Morgan fingerprint density at radius 1 is 1.04 bits per heavy atom. The molecule has 6 heteroatoms. The van der Waals surface area contributed by atoms with Gasteiger partial charge in [0.05, 0.1) is 12.2 Å². The van der Waals surface area contributed by atoms with E-state index in [2.05, 4.69) is 22.9 Å². The van der Waals surface area contributed by atoms with Crippen LogP contribution in [0, 0.1) is 0 Å². The molecular formula is C17H17BrO5. The van der Waals surface area contributed by atoms with Gasteiger partial charge in [-0.3, -0.25) is 0 Å². The van der Waals surface area contributed by atoms with E-state index in [1.54, 1.807) is 30.3 Å². The minimum Gasteiger partial charge on any atom is -0.462 e. The second-order valence-electron chi connectivity index (χ2n) is 4.86. The first-order valence-corrected chi connectivity index (χ1v) is 8.14. The van der Waals surface area contributed by atoms with Gasteiger partial charge in [0.25, 0.3) is 0 Å². The van der Waals surface area contributed by atoms with E-state index < -0.39 is 5.97 Å². The van der Waals surface area contributed by atoms with Gasteiger partial charge in [-0.15, -0.1) is 0 Å². The van der Waals surface area contributed by atoms with Gasteiger partial charge in [-0.25, -0.2) is 9.59 Å². The van der Waals surface area contributed by atoms with Gasteiger partial charge in [-0.05, 0) is 58.7 Å². The highest BCUT2D eigenvalue weighted by molar-refractivity contribution is 9.10. The number of carbonyl (C=O) groups excluding carboxylic acids is 2. The second kappa shape index (κ2) is 8.53. The first kappa shape index (κ1) is 17.3. The molecule has 0 aliphatic rings. The number of furan rings is 1. The molecule has 0 amide bonds. The molecule has 0 unspecified atom stereocenters. The van der Waals surface area contributed by atoms with Gasteiger partial charge in [0.2, 0.25) is 5.76 Å². The van der Waals surface area contributed by atoms with Crippen molar-refractivity contribution in [2.45, 2.75) is 26.2 Å². The summed E-state index contributed by atoms with van der Waals surface area (Å²) in [6.07, 6.45) is 2.96. The Kier molecular flexibility index (Phi) is 6.40. The smallest absolute Gasteiger partial charge is 0.379 e. The van der Waals surface area contributed by atoms with Gasteiger partial charge in [0, 0.05) is 0 Å². The second-order valence-corrected chi connectivity index (χ2v) is 5.64. The zero-order chi connectivity index (χ0) is 16.7. The van der Waals surface area contributed by atoms with Crippen molar-refractivity contribution in [1.29, 1.82) is 0 Å². The van der Waals surface area contributed by atoms with Crippen LogP contribution in [-0.2, 0) is 4.74 Å². The zero-order valence-corrected chi connectivity index (χ0v) is 14.3. The predicted octanol–water partition coefficient (Wildman–Crippen LogP) is 4.61. The van der Waals surface area contributed by atoms with E-state index >= 15 is 0 Å². The number of ether oxygens (including phenoxy) is 2. The van der Waals surface area contributed by atoms with Crippen molar-refractivity contribution < 1.29 is 23.5 Å². The third-order valence-electron chi connectivity index (χ3n) is 3.06. The van der Waals surface area contributed by atoms with Crippen LogP contribution in [0.5, 0.6) is 5.75 Å². The highest BCUT2D eigenvalue weighted by Crippen LogP contribution is 2.18. The van der Waals surface area contributed by atoms with Crippen LogP contribution >= 0.6 is 15.9 Å². The molecular weight excluding hydrogens is 364 g/mol. The minimum atomic E-state index is -0.606. The summed E-state index contributed by atoms with van der Waals surface area (Å²) in [5, 5.41) is 0. The molecule has 2 rings (SSSR count). The van der Waals surface area contributed by atoms with Crippen molar-refractivity contribution >= 4 is 27.9 Å². The standard InChI is InChI=1S/C17H17BrO5/c1-2-3-4-11-21-16(19)12-5-7-13(8-6-12)22-17(20)14-9-10-15(18)23-14/h5-10H,2-4,11H2,1H3. The summed E-state index contributed by atoms with van der Waals surface area (Å²) in [5.74, 6) is -0.569. The molecule has 1 heterocycles. The Bertz CT molecular complexity index is 660. The highest BCUT2D eigenvalue weighted by Gasteiger charge is 2.14. The molecule has 0 radical (unpaired) electrons. The lowest BCUT2D eigenvalue weighted by Crippen LogP contribution is -2.08. The van der Waals surface area contributed by atoms with Crippen LogP contribution in [-0.4, -0.2) is 18.5 Å². The topological polar surface area (TPSA) is 65.7 Å². The van der Waals surface area contributed by atoms with Gasteiger partial charge in [-0.1, -0.05) is 19.8 Å². The lowest BCUT2D eigenvalue weighted by molar-refractivity contribution is 0.0498. The summed E-state index contributed by atoms with van der Waals surface area (Å²) in [4.78, 5) is 23.6. The van der Waals surface area contributed by atoms with Gasteiger partial charge in [-0.2, -0.15) is 0 Å². The van der Waals surface area contributed by atoms with E-state index in [1.807, 2.05) is 0 Å². The highest BCUT2D eigenvalue weighted by atomic mass is 79.9. The molecule has 0 atom stereocenters. The normalized spacial score (nSPS) is 10.3. The number of halogens is 1. The van der Waals surface area contributed by atoms with Gasteiger partial charge in [0.15, 0.2) is 4.67 Å². The Hall–Kier alpha value is -2.08. The number of esters is 2. The molecule has 0 bridgehead atoms. The van der Waals surface area contributed by atoms with Crippen LogP contribution < -0.4 is 4.74 Å². The lowest BCUT2D eigenvalue weighted by Gasteiger charge is -2.06. The summed E-state index contributed by atoms with van der Waals surface area (Å²) in [7, 11) is 0. The molecule has 1 aromatic carbocycles.